The van der Waals surface area contributed by atoms with Crippen molar-refractivity contribution >= 4 is 0 Å². The van der Waals surface area contributed by atoms with Gasteiger partial charge < -0.3 is 5.32 Å². The zero-order valence-electron chi connectivity index (χ0n) is 11.4. The molecule has 0 bridgehead atoms. The molecule has 0 aromatic heterocycles. The van der Waals surface area contributed by atoms with Crippen LogP contribution in [-0.2, 0) is 0 Å². The van der Waals surface area contributed by atoms with E-state index in [9.17, 15) is 0 Å². The second kappa shape index (κ2) is 5.08. The maximum Gasteiger partial charge on any atom is 0.00701 e. The maximum atomic E-state index is 3.65. The molecular weight excluding hydrogens is 194 g/mol. The Kier molecular flexibility index (Phi) is 3.94. The summed E-state index contributed by atoms with van der Waals surface area (Å²) >= 11 is 0. The van der Waals surface area contributed by atoms with Gasteiger partial charge in [-0.25, -0.2) is 0 Å². The van der Waals surface area contributed by atoms with E-state index in [1.54, 1.807) is 0 Å². The largest absolute Gasteiger partial charge is 0.314 e. The minimum absolute atomic E-state index is 0.538. The highest BCUT2D eigenvalue weighted by Gasteiger charge is 2.30. The lowest BCUT2D eigenvalue weighted by Crippen LogP contribution is -2.29. The lowest BCUT2D eigenvalue weighted by atomic mass is 9.69. The highest BCUT2D eigenvalue weighted by molar-refractivity contribution is 4.84. The molecule has 2 fully saturated rings. The molecule has 1 N–H and O–H groups in total. The van der Waals surface area contributed by atoms with Crippen molar-refractivity contribution < 1.29 is 0 Å². The van der Waals surface area contributed by atoms with Gasteiger partial charge in [0.05, 0.1) is 0 Å². The summed E-state index contributed by atoms with van der Waals surface area (Å²) in [7, 11) is 0. The third-order valence-electron chi connectivity index (χ3n) is 4.85. The van der Waals surface area contributed by atoms with Crippen molar-refractivity contribution in [2.45, 2.75) is 71.8 Å². The summed E-state index contributed by atoms with van der Waals surface area (Å²) in [6.07, 6.45) is 10.2. The second-order valence-corrected chi connectivity index (χ2v) is 7.11. The molecule has 0 aromatic rings. The number of nitrogens with one attached hydrogen (secondary N) is 1. The fourth-order valence-electron chi connectivity index (χ4n) is 3.62. The molecule has 2 rings (SSSR count). The number of rotatable bonds is 2. The Hall–Kier alpha value is -0.0400. The molecule has 0 aromatic carbocycles. The van der Waals surface area contributed by atoms with Crippen LogP contribution in [0.4, 0.5) is 0 Å². The standard InChI is InChI=1S/C15H29N/c1-15(2,3)13-8-6-12(7-9-13)11-14-5-4-10-16-14/h12-14,16H,4-11H2,1-3H3. The van der Waals surface area contributed by atoms with Crippen LogP contribution in [0.1, 0.15) is 65.7 Å². The molecule has 0 spiro atoms. The summed E-state index contributed by atoms with van der Waals surface area (Å²) in [5.74, 6) is 1.99. The van der Waals surface area contributed by atoms with E-state index in [2.05, 4.69) is 26.1 Å². The van der Waals surface area contributed by atoms with Crippen LogP contribution >= 0.6 is 0 Å². The zero-order valence-corrected chi connectivity index (χ0v) is 11.4. The Morgan fingerprint density at radius 2 is 1.69 bits per heavy atom. The highest BCUT2D eigenvalue weighted by atomic mass is 14.9. The molecule has 1 aliphatic carbocycles. The fraction of sp³-hybridized carbons (Fsp3) is 1.00. The van der Waals surface area contributed by atoms with E-state index in [0.29, 0.717) is 5.41 Å². The van der Waals surface area contributed by atoms with Crippen molar-refractivity contribution in [2.24, 2.45) is 17.3 Å². The van der Waals surface area contributed by atoms with Gasteiger partial charge in [0.2, 0.25) is 0 Å². The monoisotopic (exact) mass is 223 g/mol. The summed E-state index contributed by atoms with van der Waals surface area (Å²) in [5.41, 5.74) is 0.538. The first-order valence-electron chi connectivity index (χ1n) is 7.29. The molecule has 1 atom stereocenters. The van der Waals surface area contributed by atoms with E-state index in [0.717, 1.165) is 17.9 Å². The van der Waals surface area contributed by atoms with Gasteiger partial charge in [0.15, 0.2) is 0 Å². The third-order valence-corrected chi connectivity index (χ3v) is 4.85. The SMILES string of the molecule is CC(C)(C)C1CCC(CC2CCCN2)CC1. The van der Waals surface area contributed by atoms with Gasteiger partial charge in [-0.3, -0.25) is 0 Å². The summed E-state index contributed by atoms with van der Waals surface area (Å²) < 4.78 is 0. The van der Waals surface area contributed by atoms with Crippen molar-refractivity contribution in [3.05, 3.63) is 0 Å². The molecule has 1 heterocycles. The Morgan fingerprint density at radius 1 is 1.00 bits per heavy atom. The molecule has 1 aliphatic heterocycles. The Labute approximate surface area is 101 Å². The summed E-state index contributed by atoms with van der Waals surface area (Å²) in [5, 5.41) is 3.65. The lowest BCUT2D eigenvalue weighted by Gasteiger charge is -2.37. The first-order valence-corrected chi connectivity index (χ1v) is 7.29. The minimum Gasteiger partial charge on any atom is -0.314 e. The molecule has 0 radical (unpaired) electrons. The predicted molar refractivity (Wildman–Crippen MR) is 70.5 cm³/mol. The Morgan fingerprint density at radius 3 is 2.19 bits per heavy atom. The molecule has 1 nitrogen and oxygen atoms in total. The van der Waals surface area contributed by atoms with Gasteiger partial charge in [0, 0.05) is 6.04 Å². The van der Waals surface area contributed by atoms with E-state index < -0.39 is 0 Å². The van der Waals surface area contributed by atoms with Crippen molar-refractivity contribution in [3.63, 3.8) is 0 Å². The zero-order chi connectivity index (χ0) is 11.6. The van der Waals surface area contributed by atoms with Crippen molar-refractivity contribution in [3.8, 4) is 0 Å². The van der Waals surface area contributed by atoms with E-state index in [1.165, 1.54) is 51.5 Å². The molecular formula is C15H29N. The van der Waals surface area contributed by atoms with Crippen LogP contribution < -0.4 is 5.32 Å². The summed E-state index contributed by atoms with van der Waals surface area (Å²) in [6.45, 7) is 8.51. The van der Waals surface area contributed by atoms with Crippen LogP contribution in [0.25, 0.3) is 0 Å². The van der Waals surface area contributed by atoms with Crippen LogP contribution in [0.3, 0.4) is 0 Å². The van der Waals surface area contributed by atoms with Gasteiger partial charge in [-0.15, -0.1) is 0 Å². The first-order chi connectivity index (χ1) is 7.55. The quantitative estimate of drug-likeness (QED) is 0.746. The maximum absolute atomic E-state index is 3.65. The van der Waals surface area contributed by atoms with Gasteiger partial charge in [-0.2, -0.15) is 0 Å². The van der Waals surface area contributed by atoms with Crippen LogP contribution in [0.5, 0.6) is 0 Å². The van der Waals surface area contributed by atoms with Gasteiger partial charge >= 0.3 is 0 Å². The molecule has 16 heavy (non-hydrogen) atoms. The fourth-order valence-corrected chi connectivity index (χ4v) is 3.62. The smallest absolute Gasteiger partial charge is 0.00701 e. The van der Waals surface area contributed by atoms with Crippen LogP contribution in [-0.4, -0.2) is 12.6 Å². The topological polar surface area (TPSA) is 12.0 Å². The van der Waals surface area contributed by atoms with Crippen molar-refractivity contribution in [1.82, 2.24) is 5.32 Å². The van der Waals surface area contributed by atoms with Gasteiger partial charge in [0.1, 0.15) is 0 Å². The van der Waals surface area contributed by atoms with Crippen LogP contribution in [0.15, 0.2) is 0 Å². The Bertz CT molecular complexity index is 202. The minimum atomic E-state index is 0.538. The average molecular weight is 223 g/mol. The van der Waals surface area contributed by atoms with Crippen LogP contribution in [0.2, 0.25) is 0 Å². The first kappa shape index (κ1) is 12.4. The Balaban J connectivity index is 1.72. The molecule has 94 valence electrons. The van der Waals surface area contributed by atoms with Gasteiger partial charge in [-0.05, 0) is 55.9 Å². The van der Waals surface area contributed by atoms with Gasteiger partial charge in [0.25, 0.3) is 0 Å². The molecule has 2 aliphatic rings. The lowest BCUT2D eigenvalue weighted by molar-refractivity contribution is 0.142. The summed E-state index contributed by atoms with van der Waals surface area (Å²) in [6, 6.07) is 0.858. The number of hydrogen-bond donors (Lipinski definition) is 1. The van der Waals surface area contributed by atoms with Crippen LogP contribution in [0, 0.1) is 17.3 Å². The normalized spacial score (nSPS) is 36.6. The second-order valence-electron chi connectivity index (χ2n) is 7.11. The third kappa shape index (κ3) is 3.23. The average Bonchev–Trinajstić information content (AvgIpc) is 2.70. The van der Waals surface area contributed by atoms with E-state index in [1.807, 2.05) is 0 Å². The molecule has 1 heteroatoms. The van der Waals surface area contributed by atoms with Crippen molar-refractivity contribution in [2.75, 3.05) is 6.54 Å². The van der Waals surface area contributed by atoms with E-state index in [-0.39, 0.29) is 0 Å². The molecule has 1 unspecified atom stereocenters. The molecule has 1 saturated heterocycles. The van der Waals surface area contributed by atoms with E-state index >= 15 is 0 Å². The summed E-state index contributed by atoms with van der Waals surface area (Å²) in [4.78, 5) is 0. The molecule has 1 saturated carbocycles. The predicted octanol–water partition coefficient (Wildman–Crippen LogP) is 3.98. The number of hydrogen-bond acceptors (Lipinski definition) is 1. The van der Waals surface area contributed by atoms with Gasteiger partial charge in [-0.1, -0.05) is 33.6 Å². The van der Waals surface area contributed by atoms with E-state index in [4.69, 9.17) is 0 Å². The molecule has 0 amide bonds. The van der Waals surface area contributed by atoms with Crippen molar-refractivity contribution in [1.29, 1.82) is 0 Å². The highest BCUT2D eigenvalue weighted by Crippen LogP contribution is 2.41.